The molecule has 18 heavy (non-hydrogen) atoms. The molecule has 3 rings (SSSR count). The Bertz CT molecular complexity index is 734. The third kappa shape index (κ3) is 1.62. The molecule has 0 radical (unpaired) electrons. The van der Waals surface area contributed by atoms with E-state index in [0.717, 1.165) is 16.6 Å². The zero-order valence-electron chi connectivity index (χ0n) is 9.38. The molecular formula is C13H11N3O2. The smallest absolute Gasteiger partial charge is 0.138 e. The predicted octanol–water partition coefficient (Wildman–Crippen LogP) is 2.22. The van der Waals surface area contributed by atoms with Crippen LogP contribution in [0, 0.1) is 0 Å². The number of aromatic hydroxyl groups is 2. The molecule has 0 bridgehead atoms. The van der Waals surface area contributed by atoms with Crippen molar-refractivity contribution >= 4 is 16.7 Å². The molecular weight excluding hydrogens is 230 g/mol. The lowest BCUT2D eigenvalue weighted by atomic mass is 10.2. The Labute approximate surface area is 103 Å². The van der Waals surface area contributed by atoms with E-state index in [1.54, 1.807) is 30.3 Å². The maximum Gasteiger partial charge on any atom is 0.138 e. The average Bonchev–Trinajstić information content (AvgIpc) is 2.75. The first-order valence-electron chi connectivity index (χ1n) is 5.41. The number of anilines is 1. The fraction of sp³-hybridized carbons (Fsp3) is 0. The van der Waals surface area contributed by atoms with Crippen LogP contribution in [0.25, 0.3) is 22.4 Å². The number of nitrogens with two attached hydrogens (primary N) is 1. The molecule has 3 aromatic rings. The first kappa shape index (κ1) is 10.5. The molecule has 1 heterocycles. The zero-order valence-corrected chi connectivity index (χ0v) is 9.38. The first-order chi connectivity index (χ1) is 8.63. The van der Waals surface area contributed by atoms with E-state index in [1.807, 2.05) is 0 Å². The summed E-state index contributed by atoms with van der Waals surface area (Å²) in [6.45, 7) is 0. The van der Waals surface area contributed by atoms with Gasteiger partial charge in [0, 0.05) is 11.6 Å². The number of benzene rings is 2. The van der Waals surface area contributed by atoms with Crippen molar-refractivity contribution in [1.82, 2.24) is 9.97 Å². The number of nitrogens with zero attached hydrogens (tertiary/aromatic N) is 1. The molecule has 0 aliphatic heterocycles. The largest absolute Gasteiger partial charge is 0.508 e. The van der Waals surface area contributed by atoms with Crippen LogP contribution in [0.15, 0.2) is 36.4 Å². The Morgan fingerprint density at radius 1 is 1.06 bits per heavy atom. The summed E-state index contributed by atoms with van der Waals surface area (Å²) in [6.07, 6.45) is 0. The molecule has 90 valence electrons. The van der Waals surface area contributed by atoms with Gasteiger partial charge in [0.05, 0.1) is 16.7 Å². The van der Waals surface area contributed by atoms with Gasteiger partial charge in [0.25, 0.3) is 0 Å². The summed E-state index contributed by atoms with van der Waals surface area (Å²) in [6, 6.07) is 9.81. The van der Waals surface area contributed by atoms with Crippen LogP contribution in [-0.4, -0.2) is 20.2 Å². The third-order valence-corrected chi connectivity index (χ3v) is 2.77. The summed E-state index contributed by atoms with van der Waals surface area (Å²) in [7, 11) is 0. The summed E-state index contributed by atoms with van der Waals surface area (Å²) in [5, 5.41) is 18.8. The van der Waals surface area contributed by atoms with Crippen LogP contribution in [0.2, 0.25) is 0 Å². The van der Waals surface area contributed by atoms with Gasteiger partial charge in [-0.3, -0.25) is 0 Å². The number of phenols is 2. The summed E-state index contributed by atoms with van der Waals surface area (Å²) in [4.78, 5) is 7.48. The number of hydrogen-bond donors (Lipinski definition) is 4. The lowest BCUT2D eigenvalue weighted by molar-refractivity contribution is 0.476. The molecule has 0 saturated heterocycles. The first-order valence-corrected chi connectivity index (χ1v) is 5.41. The summed E-state index contributed by atoms with van der Waals surface area (Å²) in [5.74, 6) is 0.873. The van der Waals surface area contributed by atoms with Crippen LogP contribution >= 0.6 is 0 Å². The quantitative estimate of drug-likeness (QED) is 0.388. The van der Waals surface area contributed by atoms with Crippen LogP contribution in [0.5, 0.6) is 11.5 Å². The number of fused-ring (bicyclic) bond motifs is 1. The van der Waals surface area contributed by atoms with E-state index in [4.69, 9.17) is 5.73 Å². The van der Waals surface area contributed by atoms with Gasteiger partial charge in [-0.1, -0.05) is 0 Å². The fourth-order valence-electron chi connectivity index (χ4n) is 1.84. The predicted molar refractivity (Wildman–Crippen MR) is 69.3 cm³/mol. The van der Waals surface area contributed by atoms with Crippen LogP contribution in [-0.2, 0) is 0 Å². The van der Waals surface area contributed by atoms with Crippen molar-refractivity contribution in [2.24, 2.45) is 0 Å². The maximum absolute atomic E-state index is 9.39. The van der Waals surface area contributed by atoms with Crippen LogP contribution in [0.3, 0.4) is 0 Å². The summed E-state index contributed by atoms with van der Waals surface area (Å²) >= 11 is 0. The number of nitrogen functional groups attached to an aromatic ring is 1. The number of imidazole rings is 1. The van der Waals surface area contributed by atoms with Crippen molar-refractivity contribution in [3.05, 3.63) is 36.4 Å². The van der Waals surface area contributed by atoms with Gasteiger partial charge >= 0.3 is 0 Å². The molecule has 2 aromatic carbocycles. The van der Waals surface area contributed by atoms with Crippen molar-refractivity contribution in [1.29, 1.82) is 0 Å². The van der Waals surface area contributed by atoms with Crippen molar-refractivity contribution in [2.45, 2.75) is 0 Å². The lowest BCUT2D eigenvalue weighted by Crippen LogP contribution is -1.87. The highest BCUT2D eigenvalue weighted by molar-refractivity contribution is 5.81. The molecule has 0 saturated carbocycles. The Kier molecular flexibility index (Phi) is 2.13. The second-order valence-electron chi connectivity index (χ2n) is 4.06. The highest BCUT2D eigenvalue weighted by atomic mass is 16.3. The van der Waals surface area contributed by atoms with Crippen LogP contribution in [0.4, 0.5) is 5.69 Å². The minimum absolute atomic E-state index is 0.0486. The van der Waals surface area contributed by atoms with E-state index in [1.165, 1.54) is 6.07 Å². The molecule has 5 N–H and O–H groups in total. The van der Waals surface area contributed by atoms with Crippen LogP contribution in [0.1, 0.15) is 0 Å². The van der Waals surface area contributed by atoms with Gasteiger partial charge in [-0.05, 0) is 30.3 Å². The minimum Gasteiger partial charge on any atom is -0.508 e. The highest BCUT2D eigenvalue weighted by Crippen LogP contribution is 2.28. The van der Waals surface area contributed by atoms with Gasteiger partial charge < -0.3 is 20.9 Å². The molecule has 0 aliphatic carbocycles. The third-order valence-electron chi connectivity index (χ3n) is 2.77. The Morgan fingerprint density at radius 2 is 1.89 bits per heavy atom. The van der Waals surface area contributed by atoms with E-state index in [0.29, 0.717) is 11.5 Å². The molecule has 0 spiro atoms. The number of hydrogen-bond acceptors (Lipinski definition) is 4. The Hall–Kier alpha value is -2.69. The molecule has 0 atom stereocenters. The average molecular weight is 241 g/mol. The molecule has 5 heteroatoms. The van der Waals surface area contributed by atoms with Gasteiger partial charge in [0.2, 0.25) is 0 Å². The van der Waals surface area contributed by atoms with Gasteiger partial charge in [0.1, 0.15) is 17.3 Å². The zero-order chi connectivity index (χ0) is 12.7. The van der Waals surface area contributed by atoms with Crippen LogP contribution < -0.4 is 5.73 Å². The standard InChI is InChI=1S/C13H11N3O2/c14-9-5-7(1-4-12(9)18)13-15-10-3-2-8(17)6-11(10)16-13/h1-6,17-18H,14H2,(H,15,16). The monoisotopic (exact) mass is 241 g/mol. The minimum atomic E-state index is 0.0486. The van der Waals surface area contributed by atoms with E-state index in [9.17, 15) is 10.2 Å². The van der Waals surface area contributed by atoms with Gasteiger partial charge in [-0.25, -0.2) is 4.98 Å². The topological polar surface area (TPSA) is 95.2 Å². The highest BCUT2D eigenvalue weighted by Gasteiger charge is 2.07. The number of H-pyrrole nitrogens is 1. The summed E-state index contributed by atoms with van der Waals surface area (Å²) in [5.41, 5.74) is 8.23. The van der Waals surface area contributed by atoms with Gasteiger partial charge in [-0.2, -0.15) is 0 Å². The number of aromatic nitrogens is 2. The Morgan fingerprint density at radius 3 is 2.67 bits per heavy atom. The van der Waals surface area contributed by atoms with Crippen molar-refractivity contribution in [2.75, 3.05) is 5.73 Å². The molecule has 0 amide bonds. The summed E-state index contributed by atoms with van der Waals surface area (Å²) < 4.78 is 0. The molecule has 1 aromatic heterocycles. The van der Waals surface area contributed by atoms with Crippen molar-refractivity contribution in [3.63, 3.8) is 0 Å². The number of aromatic amines is 1. The van der Waals surface area contributed by atoms with E-state index >= 15 is 0 Å². The van der Waals surface area contributed by atoms with Crippen molar-refractivity contribution < 1.29 is 10.2 Å². The second-order valence-corrected chi connectivity index (χ2v) is 4.06. The van der Waals surface area contributed by atoms with Crippen molar-refractivity contribution in [3.8, 4) is 22.9 Å². The fourth-order valence-corrected chi connectivity index (χ4v) is 1.84. The number of rotatable bonds is 1. The molecule has 0 unspecified atom stereocenters. The van der Waals surface area contributed by atoms with Gasteiger partial charge in [-0.15, -0.1) is 0 Å². The molecule has 5 nitrogen and oxygen atoms in total. The second kappa shape index (κ2) is 3.66. The number of phenolic OH excluding ortho intramolecular Hbond substituents is 2. The maximum atomic E-state index is 9.39. The SMILES string of the molecule is Nc1cc(-c2nc3ccc(O)cc3[nH]2)ccc1O. The van der Waals surface area contributed by atoms with E-state index < -0.39 is 0 Å². The van der Waals surface area contributed by atoms with E-state index in [-0.39, 0.29) is 11.5 Å². The van der Waals surface area contributed by atoms with Gasteiger partial charge in [0.15, 0.2) is 0 Å². The van der Waals surface area contributed by atoms with E-state index in [2.05, 4.69) is 9.97 Å². The lowest BCUT2D eigenvalue weighted by Gasteiger charge is -2.00. The molecule has 0 fully saturated rings. The normalized spacial score (nSPS) is 10.9. The number of nitrogens with one attached hydrogen (secondary N) is 1. The molecule has 0 aliphatic rings. The Balaban J connectivity index is 2.16.